The summed E-state index contributed by atoms with van der Waals surface area (Å²) >= 11 is 0. The molecule has 1 fully saturated rings. The van der Waals surface area contributed by atoms with E-state index >= 15 is 0 Å². The number of benzene rings is 1. The van der Waals surface area contributed by atoms with E-state index in [-0.39, 0.29) is 12.0 Å². The second-order valence-corrected chi connectivity index (χ2v) is 6.11. The van der Waals surface area contributed by atoms with Crippen molar-refractivity contribution in [2.75, 3.05) is 18.1 Å². The zero-order valence-electron chi connectivity index (χ0n) is 14.2. The summed E-state index contributed by atoms with van der Waals surface area (Å²) in [5.74, 6) is -0.200. The Morgan fingerprint density at radius 2 is 2.00 bits per heavy atom. The Bertz CT molecular complexity index is 860. The number of carbonyl (C=O) groups is 1. The van der Waals surface area contributed by atoms with Gasteiger partial charge in [0.25, 0.3) is 5.91 Å². The zero-order valence-corrected chi connectivity index (χ0v) is 14.2. The molecule has 1 aliphatic rings. The number of anilines is 1. The minimum atomic E-state index is -0.200. The first kappa shape index (κ1) is 16.4. The van der Waals surface area contributed by atoms with Gasteiger partial charge < -0.3 is 9.64 Å². The SMILES string of the molecule is O=C(c1cnn(-c2ccccc2)n1)N(C[C@@H]1CCCO1)c1ccncc1. The van der Waals surface area contributed by atoms with Crippen molar-refractivity contribution < 1.29 is 9.53 Å². The molecule has 4 rings (SSSR count). The first-order valence-corrected chi connectivity index (χ1v) is 8.62. The minimum Gasteiger partial charge on any atom is -0.376 e. The van der Waals surface area contributed by atoms with E-state index in [2.05, 4.69) is 15.2 Å². The molecular formula is C19H19N5O2. The third-order valence-electron chi connectivity index (χ3n) is 4.33. The number of hydrogen-bond acceptors (Lipinski definition) is 5. The molecule has 2 aromatic heterocycles. The second-order valence-electron chi connectivity index (χ2n) is 6.11. The lowest BCUT2D eigenvalue weighted by molar-refractivity contribution is 0.0913. The van der Waals surface area contributed by atoms with Crippen LogP contribution in [0.2, 0.25) is 0 Å². The second kappa shape index (κ2) is 7.45. The topological polar surface area (TPSA) is 73.1 Å². The van der Waals surface area contributed by atoms with Crippen LogP contribution in [0.5, 0.6) is 0 Å². The maximum absolute atomic E-state index is 13.1. The molecule has 0 saturated carbocycles. The largest absolute Gasteiger partial charge is 0.376 e. The highest BCUT2D eigenvalue weighted by Gasteiger charge is 2.26. The third kappa shape index (κ3) is 3.48. The average molecular weight is 349 g/mol. The van der Waals surface area contributed by atoms with Crippen molar-refractivity contribution in [1.29, 1.82) is 0 Å². The normalized spacial score (nSPS) is 16.5. The lowest BCUT2D eigenvalue weighted by atomic mass is 10.2. The molecule has 1 aliphatic heterocycles. The summed E-state index contributed by atoms with van der Waals surface area (Å²) in [5, 5.41) is 8.59. The number of pyridine rings is 1. The predicted molar refractivity (Wildman–Crippen MR) is 96.2 cm³/mol. The summed E-state index contributed by atoms with van der Waals surface area (Å²) in [7, 11) is 0. The molecule has 1 atom stereocenters. The van der Waals surface area contributed by atoms with Crippen LogP contribution in [0.15, 0.2) is 61.1 Å². The number of rotatable bonds is 5. The van der Waals surface area contributed by atoms with E-state index in [4.69, 9.17) is 4.74 Å². The van der Waals surface area contributed by atoms with E-state index in [1.54, 1.807) is 17.3 Å². The number of aromatic nitrogens is 4. The zero-order chi connectivity index (χ0) is 17.8. The average Bonchev–Trinajstić information content (AvgIpc) is 3.39. The van der Waals surface area contributed by atoms with Crippen LogP contribution in [0.3, 0.4) is 0 Å². The Morgan fingerprint density at radius 1 is 1.19 bits per heavy atom. The number of carbonyl (C=O) groups excluding carboxylic acids is 1. The number of para-hydroxylation sites is 1. The summed E-state index contributed by atoms with van der Waals surface area (Å²) in [6, 6.07) is 13.1. The van der Waals surface area contributed by atoms with Gasteiger partial charge in [-0.15, -0.1) is 5.10 Å². The molecule has 0 radical (unpaired) electrons. The number of nitrogens with zero attached hydrogens (tertiary/aromatic N) is 5. The van der Waals surface area contributed by atoms with Gasteiger partial charge in [0.15, 0.2) is 5.69 Å². The summed E-state index contributed by atoms with van der Waals surface area (Å²) in [6.45, 7) is 1.23. The van der Waals surface area contributed by atoms with Crippen LogP contribution in [-0.2, 0) is 4.74 Å². The van der Waals surface area contributed by atoms with Gasteiger partial charge in [-0.1, -0.05) is 18.2 Å². The quantitative estimate of drug-likeness (QED) is 0.707. The van der Waals surface area contributed by atoms with E-state index in [9.17, 15) is 4.79 Å². The smallest absolute Gasteiger partial charge is 0.280 e. The van der Waals surface area contributed by atoms with Gasteiger partial charge >= 0.3 is 0 Å². The lowest BCUT2D eigenvalue weighted by Crippen LogP contribution is -2.37. The molecule has 1 saturated heterocycles. The van der Waals surface area contributed by atoms with Crippen molar-refractivity contribution in [3.8, 4) is 5.69 Å². The monoisotopic (exact) mass is 349 g/mol. The maximum Gasteiger partial charge on any atom is 0.280 e. The standard InChI is InChI=1S/C19H19N5O2/c25-19(18-13-21-24(22-18)16-5-2-1-3-6-16)23(14-17-7-4-12-26-17)15-8-10-20-11-9-15/h1-3,5-6,8-11,13,17H,4,7,12,14H2/t17-/m0/s1. The summed E-state index contributed by atoms with van der Waals surface area (Å²) in [5.41, 5.74) is 1.87. The van der Waals surface area contributed by atoms with Gasteiger partial charge in [-0.05, 0) is 37.1 Å². The predicted octanol–water partition coefficient (Wildman–Crippen LogP) is 2.49. The van der Waals surface area contributed by atoms with Gasteiger partial charge in [0.2, 0.25) is 0 Å². The number of ether oxygens (including phenoxy) is 1. The van der Waals surface area contributed by atoms with Crippen molar-refractivity contribution >= 4 is 11.6 Å². The van der Waals surface area contributed by atoms with Crippen molar-refractivity contribution in [3.63, 3.8) is 0 Å². The molecule has 3 aromatic rings. The highest BCUT2D eigenvalue weighted by Crippen LogP contribution is 2.20. The van der Waals surface area contributed by atoms with Crippen LogP contribution in [0.1, 0.15) is 23.3 Å². The van der Waals surface area contributed by atoms with Crippen LogP contribution in [0, 0.1) is 0 Å². The van der Waals surface area contributed by atoms with E-state index in [1.807, 2.05) is 42.5 Å². The Balaban J connectivity index is 1.61. The van der Waals surface area contributed by atoms with Gasteiger partial charge in [0, 0.05) is 24.7 Å². The van der Waals surface area contributed by atoms with Crippen LogP contribution in [0.4, 0.5) is 5.69 Å². The van der Waals surface area contributed by atoms with E-state index in [0.717, 1.165) is 30.8 Å². The molecule has 0 aliphatic carbocycles. The van der Waals surface area contributed by atoms with Gasteiger partial charge in [-0.2, -0.15) is 9.90 Å². The molecule has 132 valence electrons. The fourth-order valence-electron chi connectivity index (χ4n) is 3.01. The van der Waals surface area contributed by atoms with Gasteiger partial charge in [-0.25, -0.2) is 0 Å². The molecule has 7 nitrogen and oxygen atoms in total. The maximum atomic E-state index is 13.1. The Kier molecular flexibility index (Phi) is 4.70. The van der Waals surface area contributed by atoms with Crippen molar-refractivity contribution in [2.45, 2.75) is 18.9 Å². The Morgan fingerprint density at radius 3 is 2.73 bits per heavy atom. The lowest BCUT2D eigenvalue weighted by Gasteiger charge is -2.24. The van der Waals surface area contributed by atoms with Crippen LogP contribution >= 0.6 is 0 Å². The number of amides is 1. The molecule has 0 N–H and O–H groups in total. The molecule has 0 spiro atoms. The Hall–Kier alpha value is -3.06. The fourth-order valence-corrected chi connectivity index (χ4v) is 3.01. The Labute approximate surface area is 151 Å². The number of hydrogen-bond donors (Lipinski definition) is 0. The van der Waals surface area contributed by atoms with E-state index in [0.29, 0.717) is 12.2 Å². The first-order chi connectivity index (χ1) is 12.8. The van der Waals surface area contributed by atoms with Crippen LogP contribution < -0.4 is 4.90 Å². The molecule has 0 unspecified atom stereocenters. The van der Waals surface area contributed by atoms with Gasteiger partial charge in [0.05, 0.1) is 24.5 Å². The van der Waals surface area contributed by atoms with Crippen molar-refractivity contribution in [1.82, 2.24) is 20.0 Å². The highest BCUT2D eigenvalue weighted by molar-refractivity contribution is 6.04. The molecule has 3 heterocycles. The fraction of sp³-hybridized carbons (Fsp3) is 0.263. The van der Waals surface area contributed by atoms with Gasteiger partial charge in [0.1, 0.15) is 0 Å². The van der Waals surface area contributed by atoms with Crippen LogP contribution in [-0.4, -0.2) is 45.1 Å². The summed E-state index contributed by atoms with van der Waals surface area (Å²) in [4.78, 5) is 20.3. The third-order valence-corrected chi connectivity index (χ3v) is 4.33. The molecule has 1 aromatic carbocycles. The van der Waals surface area contributed by atoms with Crippen LogP contribution in [0.25, 0.3) is 5.69 Å². The molecule has 1 amide bonds. The van der Waals surface area contributed by atoms with E-state index in [1.165, 1.54) is 11.0 Å². The van der Waals surface area contributed by atoms with E-state index < -0.39 is 0 Å². The molecule has 7 heteroatoms. The van der Waals surface area contributed by atoms with Crippen molar-refractivity contribution in [3.05, 3.63) is 66.7 Å². The highest BCUT2D eigenvalue weighted by atomic mass is 16.5. The van der Waals surface area contributed by atoms with Crippen molar-refractivity contribution in [2.24, 2.45) is 0 Å². The first-order valence-electron chi connectivity index (χ1n) is 8.62. The summed E-state index contributed by atoms with van der Waals surface area (Å²) < 4.78 is 5.71. The minimum absolute atomic E-state index is 0.0382. The molecule has 0 bridgehead atoms. The molecule has 26 heavy (non-hydrogen) atoms. The summed E-state index contributed by atoms with van der Waals surface area (Å²) in [6.07, 6.45) is 6.85. The van der Waals surface area contributed by atoms with Gasteiger partial charge in [-0.3, -0.25) is 9.78 Å². The molecular weight excluding hydrogens is 330 g/mol.